The molecule has 9 heteroatoms. The first kappa shape index (κ1) is 13.3. The maximum absolute atomic E-state index is 11.1. The largest absolute Gasteiger partial charge is 0.378 e. The molecule has 0 saturated carbocycles. The SMILES string of the molecule is CNS(=O)(=O)CCNc1ccncc1[N+](=O)[O-]. The van der Waals surface area contributed by atoms with Gasteiger partial charge >= 0.3 is 5.69 Å². The van der Waals surface area contributed by atoms with Crippen molar-refractivity contribution in [1.82, 2.24) is 9.71 Å². The lowest BCUT2D eigenvalue weighted by atomic mass is 10.3. The summed E-state index contributed by atoms with van der Waals surface area (Å²) in [6, 6.07) is 1.42. The number of nitrogens with zero attached hydrogens (tertiary/aromatic N) is 2. The lowest BCUT2D eigenvalue weighted by Crippen LogP contribution is -2.26. The molecule has 0 saturated heterocycles. The highest BCUT2D eigenvalue weighted by atomic mass is 32.2. The minimum atomic E-state index is -3.32. The topological polar surface area (TPSA) is 114 Å². The lowest BCUT2D eigenvalue weighted by Gasteiger charge is -2.06. The zero-order chi connectivity index (χ0) is 12.9. The summed E-state index contributed by atoms with van der Waals surface area (Å²) < 4.78 is 24.4. The molecule has 0 aliphatic heterocycles. The molecular formula is C8H12N4O4S. The van der Waals surface area contributed by atoms with Gasteiger partial charge in [-0.3, -0.25) is 15.1 Å². The summed E-state index contributed by atoms with van der Waals surface area (Å²) in [6.07, 6.45) is 2.50. The standard InChI is InChI=1S/C8H12N4O4S/c1-9-17(15,16)5-4-11-7-2-3-10-6-8(7)12(13)14/h2-3,6,9H,4-5H2,1H3,(H,10,11). The highest BCUT2D eigenvalue weighted by molar-refractivity contribution is 7.89. The molecule has 0 amide bonds. The van der Waals surface area contributed by atoms with Crippen LogP contribution in [0.5, 0.6) is 0 Å². The van der Waals surface area contributed by atoms with Gasteiger partial charge in [0.2, 0.25) is 10.0 Å². The summed E-state index contributed by atoms with van der Waals surface area (Å²) >= 11 is 0. The van der Waals surface area contributed by atoms with Crippen LogP contribution < -0.4 is 10.0 Å². The molecule has 2 N–H and O–H groups in total. The van der Waals surface area contributed by atoms with Crippen LogP contribution in [0.15, 0.2) is 18.5 Å². The highest BCUT2D eigenvalue weighted by Gasteiger charge is 2.13. The average Bonchev–Trinajstić information content (AvgIpc) is 2.29. The number of hydrogen-bond donors (Lipinski definition) is 2. The predicted octanol–water partition coefficient (Wildman–Crippen LogP) is -0.0491. The van der Waals surface area contributed by atoms with Gasteiger partial charge in [0.15, 0.2) is 0 Å². The van der Waals surface area contributed by atoms with E-state index in [0.717, 1.165) is 6.20 Å². The van der Waals surface area contributed by atoms with Gasteiger partial charge in [-0.05, 0) is 13.1 Å². The molecule has 0 aliphatic rings. The Morgan fingerprint density at radius 2 is 2.24 bits per heavy atom. The van der Waals surface area contributed by atoms with Gasteiger partial charge in [0.05, 0.1) is 10.7 Å². The molecule has 94 valence electrons. The molecule has 1 rings (SSSR count). The van der Waals surface area contributed by atoms with E-state index in [2.05, 4.69) is 15.0 Å². The van der Waals surface area contributed by atoms with Crippen LogP contribution >= 0.6 is 0 Å². The van der Waals surface area contributed by atoms with Crippen molar-refractivity contribution < 1.29 is 13.3 Å². The maximum atomic E-state index is 11.1. The van der Waals surface area contributed by atoms with Crippen LogP contribution in [0.4, 0.5) is 11.4 Å². The highest BCUT2D eigenvalue weighted by Crippen LogP contribution is 2.21. The van der Waals surface area contributed by atoms with Gasteiger partial charge in [0, 0.05) is 12.7 Å². The van der Waals surface area contributed by atoms with Gasteiger partial charge in [0.1, 0.15) is 11.9 Å². The van der Waals surface area contributed by atoms with E-state index in [4.69, 9.17) is 0 Å². The normalized spacial score (nSPS) is 11.1. The quantitative estimate of drug-likeness (QED) is 0.547. The molecule has 0 atom stereocenters. The molecule has 1 aromatic rings. The van der Waals surface area contributed by atoms with Crippen LogP contribution in [0, 0.1) is 10.1 Å². The Bertz CT molecular complexity index is 502. The van der Waals surface area contributed by atoms with E-state index in [1.807, 2.05) is 0 Å². The van der Waals surface area contributed by atoms with Gasteiger partial charge in [-0.25, -0.2) is 13.1 Å². The van der Waals surface area contributed by atoms with Crippen LogP contribution in [-0.4, -0.2) is 37.7 Å². The summed E-state index contributed by atoms with van der Waals surface area (Å²) in [4.78, 5) is 13.7. The number of hydrogen-bond acceptors (Lipinski definition) is 6. The first-order valence-electron chi connectivity index (χ1n) is 4.70. The van der Waals surface area contributed by atoms with Crippen LogP contribution in [-0.2, 0) is 10.0 Å². The Morgan fingerprint density at radius 3 is 2.82 bits per heavy atom. The first-order chi connectivity index (χ1) is 7.96. The van der Waals surface area contributed by atoms with Crippen molar-refractivity contribution in [3.8, 4) is 0 Å². The molecule has 0 bridgehead atoms. The Labute approximate surface area is 98.3 Å². The van der Waals surface area contributed by atoms with E-state index in [1.165, 1.54) is 19.3 Å². The first-order valence-corrected chi connectivity index (χ1v) is 6.35. The molecule has 8 nitrogen and oxygen atoms in total. The number of nitro groups is 1. The Kier molecular flexibility index (Phi) is 4.35. The van der Waals surface area contributed by atoms with Crippen LogP contribution in [0.1, 0.15) is 0 Å². The van der Waals surface area contributed by atoms with E-state index in [9.17, 15) is 18.5 Å². The van der Waals surface area contributed by atoms with E-state index in [1.54, 1.807) is 0 Å². The number of anilines is 1. The van der Waals surface area contributed by atoms with Crippen LogP contribution in [0.2, 0.25) is 0 Å². The Morgan fingerprint density at radius 1 is 1.53 bits per heavy atom. The summed E-state index contributed by atoms with van der Waals surface area (Å²) in [5, 5.41) is 13.3. The Balaban J connectivity index is 2.67. The minimum Gasteiger partial charge on any atom is -0.378 e. The molecule has 0 spiro atoms. The fraction of sp³-hybridized carbons (Fsp3) is 0.375. The smallest absolute Gasteiger partial charge is 0.310 e. The third-order valence-corrected chi connectivity index (χ3v) is 3.36. The van der Waals surface area contributed by atoms with Crippen molar-refractivity contribution in [2.75, 3.05) is 24.7 Å². The number of sulfonamides is 1. The summed E-state index contributed by atoms with van der Waals surface area (Å²) in [7, 11) is -2.01. The van der Waals surface area contributed by atoms with Crippen molar-refractivity contribution in [2.45, 2.75) is 0 Å². The number of rotatable bonds is 6. The minimum absolute atomic E-state index is 0.0774. The molecule has 0 radical (unpaired) electrons. The molecular weight excluding hydrogens is 248 g/mol. The maximum Gasteiger partial charge on any atom is 0.310 e. The third-order valence-electron chi connectivity index (χ3n) is 1.99. The second-order valence-electron chi connectivity index (χ2n) is 3.10. The number of nitrogens with one attached hydrogen (secondary N) is 2. The molecule has 0 aliphatic carbocycles. The van der Waals surface area contributed by atoms with Crippen molar-refractivity contribution in [1.29, 1.82) is 0 Å². The zero-order valence-electron chi connectivity index (χ0n) is 9.08. The lowest BCUT2D eigenvalue weighted by molar-refractivity contribution is -0.384. The van der Waals surface area contributed by atoms with Gasteiger partial charge < -0.3 is 5.32 Å². The van der Waals surface area contributed by atoms with Gasteiger partial charge in [0.25, 0.3) is 0 Å². The monoisotopic (exact) mass is 260 g/mol. The fourth-order valence-electron chi connectivity index (χ4n) is 1.10. The van der Waals surface area contributed by atoms with E-state index < -0.39 is 14.9 Å². The summed E-state index contributed by atoms with van der Waals surface area (Å²) in [5.41, 5.74) is 0.0608. The number of pyridine rings is 1. The molecule has 17 heavy (non-hydrogen) atoms. The summed E-state index contributed by atoms with van der Waals surface area (Å²) in [5.74, 6) is -0.164. The average molecular weight is 260 g/mol. The zero-order valence-corrected chi connectivity index (χ0v) is 9.90. The van der Waals surface area contributed by atoms with Crippen molar-refractivity contribution in [3.63, 3.8) is 0 Å². The second-order valence-corrected chi connectivity index (χ2v) is 5.15. The van der Waals surface area contributed by atoms with Gasteiger partial charge in [-0.2, -0.15) is 0 Å². The molecule has 1 aromatic heterocycles. The summed E-state index contributed by atoms with van der Waals surface area (Å²) in [6.45, 7) is 0.0774. The number of aromatic nitrogens is 1. The van der Waals surface area contributed by atoms with Crippen LogP contribution in [0.25, 0.3) is 0 Å². The molecule has 0 unspecified atom stereocenters. The van der Waals surface area contributed by atoms with E-state index in [0.29, 0.717) is 0 Å². The van der Waals surface area contributed by atoms with E-state index >= 15 is 0 Å². The predicted molar refractivity (Wildman–Crippen MR) is 62.2 cm³/mol. The van der Waals surface area contributed by atoms with Gasteiger partial charge in [-0.1, -0.05) is 0 Å². The third kappa shape index (κ3) is 3.96. The van der Waals surface area contributed by atoms with Gasteiger partial charge in [-0.15, -0.1) is 0 Å². The Hall–Kier alpha value is -1.74. The van der Waals surface area contributed by atoms with E-state index in [-0.39, 0.29) is 23.7 Å². The second kappa shape index (κ2) is 5.55. The molecule has 0 fully saturated rings. The van der Waals surface area contributed by atoms with Crippen molar-refractivity contribution in [3.05, 3.63) is 28.6 Å². The van der Waals surface area contributed by atoms with Crippen molar-refractivity contribution in [2.24, 2.45) is 0 Å². The molecule has 0 aromatic carbocycles. The van der Waals surface area contributed by atoms with Crippen LogP contribution in [0.3, 0.4) is 0 Å². The van der Waals surface area contributed by atoms with Crippen molar-refractivity contribution >= 4 is 21.4 Å². The molecule has 1 heterocycles. The fourth-order valence-corrected chi connectivity index (χ4v) is 1.68.